The zero-order valence-electron chi connectivity index (χ0n) is 14.2. The number of ether oxygens (including phenoxy) is 2. The van der Waals surface area contributed by atoms with Gasteiger partial charge in [-0.3, -0.25) is 9.78 Å². The summed E-state index contributed by atoms with van der Waals surface area (Å²) < 4.78 is 11.2. The molecule has 0 spiro atoms. The predicted octanol–water partition coefficient (Wildman–Crippen LogP) is 3.84. The number of hydrogen-bond donors (Lipinski definition) is 0. The van der Waals surface area contributed by atoms with Gasteiger partial charge in [0, 0.05) is 11.6 Å². The number of hydrogen-bond acceptors (Lipinski definition) is 4. The Morgan fingerprint density at radius 2 is 1.92 bits per heavy atom. The Balaban J connectivity index is 1.25. The van der Waals surface area contributed by atoms with E-state index in [1.165, 1.54) is 0 Å². The molecule has 0 saturated heterocycles. The van der Waals surface area contributed by atoms with E-state index in [0.29, 0.717) is 18.6 Å². The largest absolute Gasteiger partial charge is 0.489 e. The van der Waals surface area contributed by atoms with Gasteiger partial charge in [0.25, 0.3) is 0 Å². The van der Waals surface area contributed by atoms with Gasteiger partial charge in [-0.25, -0.2) is 0 Å². The lowest BCUT2D eigenvalue weighted by Gasteiger charge is -2.16. The quantitative estimate of drug-likeness (QED) is 0.619. The molecule has 0 radical (unpaired) electrons. The zero-order valence-corrected chi connectivity index (χ0v) is 14.2. The van der Waals surface area contributed by atoms with Crippen molar-refractivity contribution in [2.75, 3.05) is 13.2 Å². The van der Waals surface area contributed by atoms with Crippen molar-refractivity contribution in [3.05, 3.63) is 36.5 Å². The van der Waals surface area contributed by atoms with Crippen LogP contribution in [0.15, 0.2) is 36.5 Å². The fraction of sp³-hybridized carbons (Fsp3) is 0.500. The van der Waals surface area contributed by atoms with Crippen LogP contribution in [-0.2, 0) is 9.53 Å². The normalized spacial score (nSPS) is 26.8. The molecule has 1 aromatic carbocycles. The summed E-state index contributed by atoms with van der Waals surface area (Å²) in [6.07, 6.45) is 3.72. The first kappa shape index (κ1) is 15.4. The Kier molecular flexibility index (Phi) is 3.70. The van der Waals surface area contributed by atoms with Gasteiger partial charge in [0.1, 0.15) is 19.0 Å². The molecule has 2 aromatic rings. The number of benzene rings is 1. The van der Waals surface area contributed by atoms with Gasteiger partial charge in [0.2, 0.25) is 0 Å². The lowest BCUT2D eigenvalue weighted by atomic mass is 9.93. The van der Waals surface area contributed by atoms with Crippen LogP contribution < -0.4 is 4.74 Å². The predicted molar refractivity (Wildman–Crippen MR) is 91.7 cm³/mol. The summed E-state index contributed by atoms with van der Waals surface area (Å²) in [7, 11) is 0. The Morgan fingerprint density at radius 3 is 2.71 bits per heavy atom. The lowest BCUT2D eigenvalue weighted by molar-refractivity contribution is -0.149. The number of fused-ring (bicyclic) bond motifs is 2. The van der Waals surface area contributed by atoms with E-state index in [2.05, 4.69) is 18.8 Å². The van der Waals surface area contributed by atoms with Crippen molar-refractivity contribution in [3.8, 4) is 5.75 Å². The SMILES string of the molecule is CC1(C)[C@@H]2CC(C(=O)OCCOc3ccnc4ccccc34)C[C@@H]21. The van der Waals surface area contributed by atoms with E-state index in [-0.39, 0.29) is 11.9 Å². The molecule has 0 bridgehead atoms. The summed E-state index contributed by atoms with van der Waals surface area (Å²) >= 11 is 0. The number of carbonyl (C=O) groups is 1. The number of esters is 1. The summed E-state index contributed by atoms with van der Waals surface area (Å²) in [5, 5.41) is 0.976. The third-order valence-electron chi connectivity index (χ3n) is 5.89. The summed E-state index contributed by atoms with van der Waals surface area (Å²) in [5.41, 5.74) is 1.35. The Labute approximate surface area is 142 Å². The minimum absolute atomic E-state index is 0.0545. The minimum atomic E-state index is -0.0545. The average Bonchev–Trinajstić information content (AvgIpc) is 2.94. The molecule has 4 rings (SSSR count). The van der Waals surface area contributed by atoms with Crippen molar-refractivity contribution in [1.82, 2.24) is 4.98 Å². The van der Waals surface area contributed by atoms with Gasteiger partial charge in [-0.2, -0.15) is 0 Å². The molecule has 2 fully saturated rings. The third kappa shape index (κ3) is 2.64. The van der Waals surface area contributed by atoms with Gasteiger partial charge in [-0.15, -0.1) is 0 Å². The summed E-state index contributed by atoms with van der Waals surface area (Å²) in [6.45, 7) is 5.27. The molecule has 2 aliphatic rings. The molecule has 0 N–H and O–H groups in total. The average molecular weight is 325 g/mol. The summed E-state index contributed by atoms with van der Waals surface area (Å²) in [5.74, 6) is 2.25. The molecule has 4 heteroatoms. The van der Waals surface area contributed by atoms with E-state index in [0.717, 1.165) is 41.3 Å². The molecule has 4 nitrogen and oxygen atoms in total. The maximum Gasteiger partial charge on any atom is 0.309 e. The standard InChI is InChI=1S/C20H23NO3/c1-20(2)15-11-13(12-16(15)20)19(22)24-10-9-23-18-7-8-21-17-6-4-3-5-14(17)18/h3-8,13,15-16H,9-12H2,1-2H3/t13?,15-,16+. The summed E-state index contributed by atoms with van der Waals surface area (Å²) in [6, 6.07) is 9.69. The van der Waals surface area contributed by atoms with Gasteiger partial charge in [0.15, 0.2) is 0 Å². The van der Waals surface area contributed by atoms with Gasteiger partial charge in [0.05, 0.1) is 11.4 Å². The molecule has 24 heavy (non-hydrogen) atoms. The van der Waals surface area contributed by atoms with Gasteiger partial charge >= 0.3 is 5.97 Å². The van der Waals surface area contributed by atoms with Gasteiger partial charge in [-0.1, -0.05) is 26.0 Å². The van der Waals surface area contributed by atoms with E-state index in [1.807, 2.05) is 30.3 Å². The number of nitrogens with zero attached hydrogens (tertiary/aromatic N) is 1. The number of rotatable bonds is 5. The first-order valence-electron chi connectivity index (χ1n) is 8.70. The molecule has 0 amide bonds. The second-order valence-corrected chi connectivity index (χ2v) is 7.54. The van der Waals surface area contributed by atoms with Crippen LogP contribution in [0.5, 0.6) is 5.75 Å². The second kappa shape index (κ2) is 5.76. The van der Waals surface area contributed by atoms with Crippen molar-refractivity contribution in [1.29, 1.82) is 0 Å². The first-order valence-corrected chi connectivity index (χ1v) is 8.70. The van der Waals surface area contributed by atoms with Gasteiger partial charge < -0.3 is 9.47 Å². The van der Waals surface area contributed by atoms with Crippen LogP contribution in [0.1, 0.15) is 26.7 Å². The van der Waals surface area contributed by atoms with Gasteiger partial charge in [-0.05, 0) is 48.3 Å². The topological polar surface area (TPSA) is 48.4 Å². The monoisotopic (exact) mass is 325 g/mol. The molecule has 126 valence electrons. The van der Waals surface area contributed by atoms with Crippen molar-refractivity contribution < 1.29 is 14.3 Å². The first-order chi connectivity index (χ1) is 11.6. The van der Waals surface area contributed by atoms with E-state index in [1.54, 1.807) is 6.20 Å². The van der Waals surface area contributed by atoms with Crippen LogP contribution >= 0.6 is 0 Å². The zero-order chi connectivity index (χ0) is 16.7. The fourth-order valence-corrected chi connectivity index (χ4v) is 4.30. The van der Waals surface area contributed by atoms with Crippen LogP contribution in [0.3, 0.4) is 0 Å². The lowest BCUT2D eigenvalue weighted by Crippen LogP contribution is -2.21. The van der Waals surface area contributed by atoms with Crippen molar-refractivity contribution in [2.45, 2.75) is 26.7 Å². The highest BCUT2D eigenvalue weighted by atomic mass is 16.6. The Morgan fingerprint density at radius 1 is 1.17 bits per heavy atom. The highest BCUT2D eigenvalue weighted by Gasteiger charge is 2.63. The fourth-order valence-electron chi connectivity index (χ4n) is 4.30. The van der Waals surface area contributed by atoms with E-state index in [9.17, 15) is 4.79 Å². The number of aromatic nitrogens is 1. The maximum absolute atomic E-state index is 12.2. The van der Waals surface area contributed by atoms with Crippen molar-refractivity contribution >= 4 is 16.9 Å². The number of pyridine rings is 1. The third-order valence-corrected chi connectivity index (χ3v) is 5.89. The van der Waals surface area contributed by atoms with Crippen molar-refractivity contribution in [3.63, 3.8) is 0 Å². The molecular weight excluding hydrogens is 302 g/mol. The summed E-state index contributed by atoms with van der Waals surface area (Å²) in [4.78, 5) is 16.5. The smallest absolute Gasteiger partial charge is 0.309 e. The molecule has 2 aliphatic carbocycles. The maximum atomic E-state index is 12.2. The molecule has 3 atom stereocenters. The molecule has 1 unspecified atom stereocenters. The van der Waals surface area contributed by atoms with Crippen molar-refractivity contribution in [2.24, 2.45) is 23.2 Å². The van der Waals surface area contributed by atoms with Crippen LogP contribution in [0.25, 0.3) is 10.9 Å². The molecule has 2 saturated carbocycles. The highest BCUT2D eigenvalue weighted by molar-refractivity contribution is 5.84. The molecular formula is C20H23NO3. The Bertz CT molecular complexity index is 751. The minimum Gasteiger partial charge on any atom is -0.489 e. The second-order valence-electron chi connectivity index (χ2n) is 7.54. The molecule has 1 aromatic heterocycles. The molecule has 1 heterocycles. The van der Waals surface area contributed by atoms with E-state index in [4.69, 9.17) is 9.47 Å². The molecule has 0 aliphatic heterocycles. The van der Waals surface area contributed by atoms with E-state index >= 15 is 0 Å². The number of para-hydroxylation sites is 1. The van der Waals surface area contributed by atoms with E-state index < -0.39 is 0 Å². The Hall–Kier alpha value is -2.10. The highest BCUT2D eigenvalue weighted by Crippen LogP contribution is 2.68. The van der Waals surface area contributed by atoms with Crippen LogP contribution in [-0.4, -0.2) is 24.2 Å². The van der Waals surface area contributed by atoms with Crippen LogP contribution in [0.4, 0.5) is 0 Å². The van der Waals surface area contributed by atoms with Crippen LogP contribution in [0, 0.1) is 23.2 Å². The van der Waals surface area contributed by atoms with Crippen LogP contribution in [0.2, 0.25) is 0 Å². The number of carbonyl (C=O) groups excluding carboxylic acids is 1.